The van der Waals surface area contributed by atoms with Crippen LogP contribution in [-0.4, -0.2) is 17.4 Å². The molecule has 0 aromatic heterocycles. The highest BCUT2D eigenvalue weighted by Crippen LogP contribution is 1.97. The number of rotatable bonds is 2. The van der Waals surface area contributed by atoms with Crippen molar-refractivity contribution in [3.8, 4) is 0 Å². The normalized spacial score (nSPS) is 19.0. The van der Waals surface area contributed by atoms with Crippen molar-refractivity contribution >= 4 is 15.9 Å². The third-order valence-electron chi connectivity index (χ3n) is 0.583. The van der Waals surface area contributed by atoms with Gasteiger partial charge < -0.3 is 5.11 Å². The van der Waals surface area contributed by atoms with E-state index in [4.69, 9.17) is 10.8 Å². The molecule has 0 spiro atoms. The zero-order valence-electron chi connectivity index (χ0n) is 4.17. The van der Waals surface area contributed by atoms with E-state index in [2.05, 4.69) is 15.9 Å². The van der Waals surface area contributed by atoms with Gasteiger partial charge in [0.25, 0.3) is 0 Å². The summed E-state index contributed by atoms with van der Waals surface area (Å²) in [5.41, 5.74) is 3.26. The first-order chi connectivity index (χ1) is 3.62. The molecule has 0 aromatic rings. The van der Waals surface area contributed by atoms with E-state index in [-0.39, 0.29) is 0 Å². The molecule has 1 radical (unpaired) electrons. The maximum Gasteiger partial charge on any atom is 0.160 e. The fraction of sp³-hybridized carbons (Fsp3) is 0.500. The maximum atomic E-state index is 9.89. The summed E-state index contributed by atoms with van der Waals surface area (Å²) >= 11 is 2.87. The van der Waals surface area contributed by atoms with Crippen molar-refractivity contribution in [2.45, 2.75) is 5.72 Å². The number of hydrogen-bond acceptors (Lipinski definition) is 2. The van der Waals surface area contributed by atoms with Gasteiger partial charge in [0.15, 0.2) is 5.72 Å². The first-order valence-corrected chi connectivity index (χ1v) is 2.91. The lowest BCUT2D eigenvalue weighted by Crippen LogP contribution is -2.40. The van der Waals surface area contributed by atoms with E-state index in [1.165, 1.54) is 11.1 Å². The molecular weight excluding hydrogens is 174 g/mol. The highest BCUT2D eigenvalue weighted by atomic mass is 79.9. The molecule has 0 saturated carbocycles. The van der Waals surface area contributed by atoms with E-state index < -0.39 is 12.3 Å². The van der Waals surface area contributed by atoms with Gasteiger partial charge in [-0.15, -0.1) is 0 Å². The summed E-state index contributed by atoms with van der Waals surface area (Å²) < 4.78 is 0. The largest absolute Gasteiger partial charge is 0.370 e. The molecule has 1 atom stereocenters. The van der Waals surface area contributed by atoms with Gasteiger partial charge in [-0.3, -0.25) is 5.73 Å². The standard InChI is InChI=1S/C4H7BrNO2/c5-2-1-4(6,8)3-7/h1-2,8H,3,6H2. The molecule has 3 N–H and O–H groups in total. The molecule has 0 bridgehead atoms. The van der Waals surface area contributed by atoms with Crippen LogP contribution < -0.4 is 5.73 Å². The summed E-state index contributed by atoms with van der Waals surface area (Å²) in [6.07, 6.45) is 1.18. The summed E-state index contributed by atoms with van der Waals surface area (Å²) in [6.45, 7) is -0.727. The molecule has 0 amide bonds. The highest BCUT2D eigenvalue weighted by molar-refractivity contribution is 9.11. The van der Waals surface area contributed by atoms with Crippen molar-refractivity contribution in [2.75, 3.05) is 6.61 Å². The Kier molecular flexibility index (Phi) is 3.23. The molecule has 0 aromatic carbocycles. The molecule has 0 fully saturated rings. The van der Waals surface area contributed by atoms with Crippen molar-refractivity contribution in [3.63, 3.8) is 0 Å². The number of halogens is 1. The van der Waals surface area contributed by atoms with Crippen LogP contribution in [0.5, 0.6) is 0 Å². The van der Waals surface area contributed by atoms with Crippen molar-refractivity contribution in [1.29, 1.82) is 0 Å². The minimum absolute atomic E-state index is 0.727. The molecule has 0 heterocycles. The Morgan fingerprint density at radius 1 is 1.88 bits per heavy atom. The lowest BCUT2D eigenvalue weighted by atomic mass is 10.3. The van der Waals surface area contributed by atoms with E-state index in [0.29, 0.717) is 0 Å². The summed E-state index contributed by atoms with van der Waals surface area (Å²) in [7, 11) is 0. The molecule has 0 aliphatic heterocycles. The second-order valence-electron chi connectivity index (χ2n) is 1.43. The van der Waals surface area contributed by atoms with Crippen LogP contribution in [-0.2, 0) is 5.11 Å². The first kappa shape index (κ1) is 8.10. The molecule has 0 saturated heterocycles. The van der Waals surface area contributed by atoms with Gasteiger partial charge in [-0.25, -0.2) is 5.11 Å². The third-order valence-corrected chi connectivity index (χ3v) is 0.847. The molecular formula is C4H7BrNO2. The predicted molar refractivity (Wildman–Crippen MR) is 32.8 cm³/mol. The van der Waals surface area contributed by atoms with Crippen molar-refractivity contribution in [1.82, 2.24) is 0 Å². The van der Waals surface area contributed by atoms with Crippen LogP contribution in [0.1, 0.15) is 0 Å². The monoisotopic (exact) mass is 180 g/mol. The van der Waals surface area contributed by atoms with E-state index in [1.807, 2.05) is 0 Å². The zero-order valence-corrected chi connectivity index (χ0v) is 5.76. The topological polar surface area (TPSA) is 66.2 Å². The number of nitrogens with two attached hydrogens (primary N) is 1. The van der Waals surface area contributed by atoms with Crippen molar-refractivity contribution in [3.05, 3.63) is 11.1 Å². The van der Waals surface area contributed by atoms with Gasteiger partial charge in [-0.05, 0) is 11.1 Å². The number of aliphatic hydroxyl groups is 1. The Morgan fingerprint density at radius 2 is 2.38 bits per heavy atom. The van der Waals surface area contributed by atoms with Crippen LogP contribution >= 0.6 is 15.9 Å². The Labute approximate surface area is 55.9 Å². The highest BCUT2D eigenvalue weighted by Gasteiger charge is 2.14. The van der Waals surface area contributed by atoms with Gasteiger partial charge in [0.05, 0.1) is 0 Å². The predicted octanol–water partition coefficient (Wildman–Crippen LogP) is -0.0272. The van der Waals surface area contributed by atoms with E-state index in [9.17, 15) is 5.11 Å². The van der Waals surface area contributed by atoms with E-state index >= 15 is 0 Å². The second-order valence-corrected chi connectivity index (χ2v) is 1.96. The lowest BCUT2D eigenvalue weighted by Gasteiger charge is -2.11. The van der Waals surface area contributed by atoms with Crippen LogP contribution in [0.2, 0.25) is 0 Å². The van der Waals surface area contributed by atoms with Crippen LogP contribution in [0, 0.1) is 0 Å². The molecule has 3 nitrogen and oxygen atoms in total. The Hall–Kier alpha value is 0.1000. The molecule has 1 unspecified atom stereocenters. The van der Waals surface area contributed by atoms with Crippen molar-refractivity contribution in [2.24, 2.45) is 5.73 Å². The third kappa shape index (κ3) is 3.15. The van der Waals surface area contributed by atoms with Crippen molar-refractivity contribution < 1.29 is 10.2 Å². The fourth-order valence-electron chi connectivity index (χ4n) is 0.157. The Balaban J connectivity index is 3.71. The average Bonchev–Trinajstić information content (AvgIpc) is 1.67. The molecule has 0 rings (SSSR count). The van der Waals surface area contributed by atoms with Gasteiger partial charge in [0.1, 0.15) is 6.61 Å². The molecule has 0 aliphatic carbocycles. The van der Waals surface area contributed by atoms with Gasteiger partial charge in [0.2, 0.25) is 0 Å². The quantitative estimate of drug-likeness (QED) is 0.587. The number of hydrogen-bond donors (Lipinski definition) is 2. The van der Waals surface area contributed by atoms with E-state index in [1.54, 1.807) is 0 Å². The fourth-order valence-corrected chi connectivity index (χ4v) is 0.615. The first-order valence-electron chi connectivity index (χ1n) is 1.99. The molecule has 8 heavy (non-hydrogen) atoms. The summed E-state index contributed by atoms with van der Waals surface area (Å²) in [4.78, 5) is 1.35. The Morgan fingerprint density at radius 3 is 2.50 bits per heavy atom. The minimum atomic E-state index is -1.69. The lowest BCUT2D eigenvalue weighted by molar-refractivity contribution is 0.00203. The second kappa shape index (κ2) is 3.19. The van der Waals surface area contributed by atoms with Gasteiger partial charge >= 0.3 is 0 Å². The average molecular weight is 181 g/mol. The maximum absolute atomic E-state index is 9.89. The van der Waals surface area contributed by atoms with Crippen LogP contribution in [0.4, 0.5) is 0 Å². The molecule has 47 valence electrons. The van der Waals surface area contributed by atoms with Gasteiger partial charge in [0, 0.05) is 0 Å². The smallest absolute Gasteiger partial charge is 0.160 e. The molecule has 0 aliphatic rings. The molecule has 4 heteroatoms. The Bertz CT molecular complexity index is 92.0. The van der Waals surface area contributed by atoms with Crippen LogP contribution in [0.25, 0.3) is 0 Å². The minimum Gasteiger partial charge on any atom is -0.370 e. The SMILES string of the molecule is NC(O)(C=CBr)C[O]. The summed E-state index contributed by atoms with van der Waals surface area (Å²) in [5.74, 6) is 0. The van der Waals surface area contributed by atoms with Gasteiger partial charge in [-0.1, -0.05) is 15.9 Å². The van der Waals surface area contributed by atoms with Crippen LogP contribution in [0.3, 0.4) is 0 Å². The summed E-state index contributed by atoms with van der Waals surface area (Å²) in [6, 6.07) is 0. The zero-order chi connectivity index (χ0) is 6.62. The van der Waals surface area contributed by atoms with E-state index in [0.717, 1.165) is 0 Å². The van der Waals surface area contributed by atoms with Gasteiger partial charge in [-0.2, -0.15) is 0 Å². The summed E-state index contributed by atoms with van der Waals surface area (Å²) in [5, 5.41) is 18.6. The van der Waals surface area contributed by atoms with Crippen LogP contribution in [0.15, 0.2) is 11.1 Å².